The van der Waals surface area contributed by atoms with Crippen LogP contribution in [0.2, 0.25) is 0 Å². The Kier molecular flexibility index (Phi) is 3.42. The molecule has 0 saturated heterocycles. The van der Waals surface area contributed by atoms with Crippen LogP contribution in [-0.2, 0) is 0 Å². The highest BCUT2D eigenvalue weighted by molar-refractivity contribution is 5.62. The van der Waals surface area contributed by atoms with Crippen molar-refractivity contribution in [3.63, 3.8) is 0 Å². The van der Waals surface area contributed by atoms with E-state index in [0.29, 0.717) is 23.0 Å². The molecule has 2 aromatic carbocycles. The minimum absolute atomic E-state index is 0.270. The number of benzene rings is 2. The smallest absolute Gasteiger partial charge is 0.255 e. The first-order valence-corrected chi connectivity index (χ1v) is 7.41. The molecule has 4 aromatic rings. The first kappa shape index (κ1) is 14.3. The van der Waals surface area contributed by atoms with E-state index in [1.807, 2.05) is 30.3 Å². The van der Waals surface area contributed by atoms with Crippen LogP contribution in [0.1, 0.15) is 5.56 Å². The first-order chi connectivity index (χ1) is 11.7. The summed E-state index contributed by atoms with van der Waals surface area (Å²) >= 11 is 0. The van der Waals surface area contributed by atoms with Crippen molar-refractivity contribution >= 4 is 5.78 Å². The summed E-state index contributed by atoms with van der Waals surface area (Å²) in [5.41, 5.74) is 2.19. The van der Waals surface area contributed by atoms with Crippen molar-refractivity contribution in [2.75, 3.05) is 0 Å². The summed E-state index contributed by atoms with van der Waals surface area (Å²) in [6, 6.07) is 16.1. The molecule has 6 heteroatoms. The molecule has 0 unspecified atom stereocenters. The SMILES string of the molecule is Cc1cc(Oc2cc(-c3ccccc3)nc3ncnn23)ccc1F. The number of aryl methyl sites for hydroxylation is 1. The van der Waals surface area contributed by atoms with Gasteiger partial charge in [0, 0.05) is 11.6 Å². The molecule has 5 nitrogen and oxygen atoms in total. The van der Waals surface area contributed by atoms with E-state index in [0.717, 1.165) is 11.3 Å². The number of halogens is 1. The van der Waals surface area contributed by atoms with Crippen molar-refractivity contribution < 1.29 is 9.13 Å². The maximum atomic E-state index is 13.4. The van der Waals surface area contributed by atoms with Gasteiger partial charge in [0.1, 0.15) is 17.9 Å². The maximum absolute atomic E-state index is 13.4. The zero-order valence-corrected chi connectivity index (χ0v) is 12.8. The van der Waals surface area contributed by atoms with E-state index in [4.69, 9.17) is 4.74 Å². The van der Waals surface area contributed by atoms with Gasteiger partial charge < -0.3 is 4.74 Å². The fraction of sp³-hybridized carbons (Fsp3) is 0.0556. The second-order valence-corrected chi connectivity index (χ2v) is 5.33. The van der Waals surface area contributed by atoms with Crippen LogP contribution in [0.15, 0.2) is 60.9 Å². The number of ether oxygens (including phenoxy) is 1. The fourth-order valence-electron chi connectivity index (χ4n) is 2.42. The van der Waals surface area contributed by atoms with Gasteiger partial charge in [0.05, 0.1) is 5.69 Å². The Bertz CT molecular complexity index is 1010. The predicted octanol–water partition coefficient (Wildman–Crippen LogP) is 4.03. The Balaban J connectivity index is 1.81. The van der Waals surface area contributed by atoms with E-state index in [1.54, 1.807) is 25.1 Å². The standard InChI is InChI=1S/C18H13FN4O/c1-12-9-14(7-8-15(12)19)24-17-10-16(13-5-3-2-4-6-13)22-18-20-11-21-23(17)18/h2-11H,1H3. The van der Waals surface area contributed by atoms with Crippen LogP contribution in [0.25, 0.3) is 17.0 Å². The number of rotatable bonds is 3. The van der Waals surface area contributed by atoms with Crippen LogP contribution < -0.4 is 4.74 Å². The second kappa shape index (κ2) is 5.73. The largest absolute Gasteiger partial charge is 0.439 e. The molecule has 0 fully saturated rings. The minimum atomic E-state index is -0.270. The summed E-state index contributed by atoms with van der Waals surface area (Å²) in [6.45, 7) is 1.69. The van der Waals surface area contributed by atoms with Gasteiger partial charge in [-0.2, -0.15) is 14.6 Å². The monoisotopic (exact) mass is 320 g/mol. The highest BCUT2D eigenvalue weighted by Crippen LogP contribution is 2.27. The summed E-state index contributed by atoms with van der Waals surface area (Å²) in [4.78, 5) is 8.63. The fourth-order valence-corrected chi connectivity index (χ4v) is 2.42. The van der Waals surface area contributed by atoms with Crippen molar-refractivity contribution in [1.82, 2.24) is 19.6 Å². The topological polar surface area (TPSA) is 52.3 Å². The van der Waals surface area contributed by atoms with E-state index in [-0.39, 0.29) is 5.82 Å². The first-order valence-electron chi connectivity index (χ1n) is 7.41. The Morgan fingerprint density at radius 3 is 2.67 bits per heavy atom. The summed E-state index contributed by atoms with van der Waals surface area (Å²) in [5.74, 6) is 1.15. The third-order valence-corrected chi connectivity index (χ3v) is 3.64. The minimum Gasteiger partial charge on any atom is -0.439 e. The second-order valence-electron chi connectivity index (χ2n) is 5.33. The highest BCUT2D eigenvalue weighted by Gasteiger charge is 2.11. The molecule has 2 aromatic heterocycles. The molecule has 0 bridgehead atoms. The molecule has 0 aliphatic heterocycles. The average Bonchev–Trinajstić information content (AvgIpc) is 3.08. The normalized spacial score (nSPS) is 10.9. The third kappa shape index (κ3) is 2.58. The lowest BCUT2D eigenvalue weighted by Crippen LogP contribution is -1.99. The summed E-state index contributed by atoms with van der Waals surface area (Å²) in [6.07, 6.45) is 1.42. The Morgan fingerprint density at radius 2 is 1.88 bits per heavy atom. The van der Waals surface area contributed by atoms with Gasteiger partial charge >= 0.3 is 0 Å². The zero-order valence-electron chi connectivity index (χ0n) is 12.8. The quantitative estimate of drug-likeness (QED) is 0.572. The number of nitrogens with zero attached hydrogens (tertiary/aromatic N) is 4. The van der Waals surface area contributed by atoms with E-state index < -0.39 is 0 Å². The van der Waals surface area contributed by atoms with Crippen LogP contribution >= 0.6 is 0 Å². The number of aromatic nitrogens is 4. The zero-order chi connectivity index (χ0) is 16.5. The van der Waals surface area contributed by atoms with E-state index >= 15 is 0 Å². The average molecular weight is 320 g/mol. The molecule has 0 atom stereocenters. The molecule has 0 aliphatic rings. The lowest BCUT2D eigenvalue weighted by molar-refractivity contribution is 0.444. The Labute approximate surface area is 137 Å². The van der Waals surface area contributed by atoms with Gasteiger partial charge in [-0.3, -0.25) is 0 Å². The molecule has 0 N–H and O–H groups in total. The molecule has 4 rings (SSSR count). The van der Waals surface area contributed by atoms with Crippen molar-refractivity contribution in [2.45, 2.75) is 6.92 Å². The summed E-state index contributed by atoms with van der Waals surface area (Å²) in [7, 11) is 0. The lowest BCUT2D eigenvalue weighted by Gasteiger charge is -2.10. The van der Waals surface area contributed by atoms with Crippen LogP contribution in [0.5, 0.6) is 11.6 Å². The van der Waals surface area contributed by atoms with Crippen molar-refractivity contribution in [3.8, 4) is 22.9 Å². The molecule has 0 amide bonds. The van der Waals surface area contributed by atoms with E-state index in [9.17, 15) is 4.39 Å². The molecule has 0 saturated carbocycles. The van der Waals surface area contributed by atoms with Crippen LogP contribution in [0, 0.1) is 12.7 Å². The third-order valence-electron chi connectivity index (χ3n) is 3.64. The van der Waals surface area contributed by atoms with Gasteiger partial charge in [0.2, 0.25) is 5.88 Å². The van der Waals surface area contributed by atoms with Gasteiger partial charge in [-0.1, -0.05) is 30.3 Å². The maximum Gasteiger partial charge on any atom is 0.255 e. The molecule has 24 heavy (non-hydrogen) atoms. The molecule has 0 spiro atoms. The van der Waals surface area contributed by atoms with E-state index in [1.165, 1.54) is 16.9 Å². The van der Waals surface area contributed by atoms with Crippen LogP contribution in [0.4, 0.5) is 4.39 Å². The van der Waals surface area contributed by atoms with Crippen LogP contribution in [-0.4, -0.2) is 19.6 Å². The molecule has 0 aliphatic carbocycles. The van der Waals surface area contributed by atoms with Crippen molar-refractivity contribution in [2.24, 2.45) is 0 Å². The molecule has 2 heterocycles. The predicted molar refractivity (Wildman–Crippen MR) is 87.4 cm³/mol. The summed E-state index contributed by atoms with van der Waals surface area (Å²) in [5, 5.41) is 4.13. The van der Waals surface area contributed by atoms with Crippen molar-refractivity contribution in [3.05, 3.63) is 72.3 Å². The van der Waals surface area contributed by atoms with Gasteiger partial charge in [0.25, 0.3) is 5.78 Å². The van der Waals surface area contributed by atoms with Gasteiger partial charge in [-0.25, -0.2) is 9.37 Å². The molecular weight excluding hydrogens is 307 g/mol. The lowest BCUT2D eigenvalue weighted by atomic mass is 10.1. The van der Waals surface area contributed by atoms with Gasteiger partial charge in [-0.05, 0) is 30.7 Å². The van der Waals surface area contributed by atoms with Crippen molar-refractivity contribution in [1.29, 1.82) is 0 Å². The Morgan fingerprint density at radius 1 is 1.04 bits per heavy atom. The number of fused-ring (bicyclic) bond motifs is 1. The van der Waals surface area contributed by atoms with Crippen LogP contribution in [0.3, 0.4) is 0 Å². The molecule has 0 radical (unpaired) electrons. The highest BCUT2D eigenvalue weighted by atomic mass is 19.1. The summed E-state index contributed by atoms with van der Waals surface area (Å²) < 4.78 is 20.8. The number of hydrogen-bond donors (Lipinski definition) is 0. The Hall–Kier alpha value is -3.28. The van der Waals surface area contributed by atoms with Gasteiger partial charge in [0.15, 0.2) is 0 Å². The number of hydrogen-bond acceptors (Lipinski definition) is 4. The van der Waals surface area contributed by atoms with E-state index in [2.05, 4.69) is 15.1 Å². The molecule has 118 valence electrons. The van der Waals surface area contributed by atoms with Gasteiger partial charge in [-0.15, -0.1) is 0 Å². The molecular formula is C18H13FN4O.